The van der Waals surface area contributed by atoms with Crippen molar-refractivity contribution in [2.24, 2.45) is 0 Å². The number of amides is 1. The predicted octanol–water partition coefficient (Wildman–Crippen LogP) is 3.71. The number of alkyl halides is 2. The highest BCUT2D eigenvalue weighted by Crippen LogP contribution is 2.41. The molecule has 1 aliphatic heterocycles. The first-order valence-corrected chi connectivity index (χ1v) is 9.94. The molecule has 9 heteroatoms. The minimum absolute atomic E-state index is 0.0822. The molecule has 1 saturated carbocycles. The number of halogens is 3. The lowest BCUT2D eigenvalue weighted by atomic mass is 9.91. The first-order valence-electron chi connectivity index (χ1n) is 9.94. The largest absolute Gasteiger partial charge is 0.332 e. The molecule has 0 unspecified atom stereocenters. The molecule has 0 spiro atoms. The molecule has 1 aliphatic carbocycles. The second-order valence-corrected chi connectivity index (χ2v) is 8.25. The van der Waals surface area contributed by atoms with Gasteiger partial charge in [0.1, 0.15) is 12.1 Å². The minimum Gasteiger partial charge on any atom is -0.332 e. The summed E-state index contributed by atoms with van der Waals surface area (Å²) in [5, 5.41) is 4.10. The molecule has 3 heterocycles. The van der Waals surface area contributed by atoms with E-state index >= 15 is 0 Å². The van der Waals surface area contributed by atoms with Crippen LogP contribution < -0.4 is 0 Å². The van der Waals surface area contributed by atoms with Gasteiger partial charge in [0.2, 0.25) is 0 Å². The molecule has 1 atom stereocenters. The molecule has 3 aromatic rings. The Morgan fingerprint density at radius 3 is 2.73 bits per heavy atom. The van der Waals surface area contributed by atoms with E-state index in [2.05, 4.69) is 15.1 Å². The number of hydrogen-bond acceptors (Lipinski definition) is 4. The van der Waals surface area contributed by atoms with Crippen LogP contribution in [0.5, 0.6) is 0 Å². The summed E-state index contributed by atoms with van der Waals surface area (Å²) in [7, 11) is 0. The van der Waals surface area contributed by atoms with E-state index in [-0.39, 0.29) is 18.0 Å². The lowest BCUT2D eigenvalue weighted by Gasteiger charge is -2.37. The van der Waals surface area contributed by atoms with Gasteiger partial charge in [0, 0.05) is 30.1 Å². The lowest BCUT2D eigenvalue weighted by Crippen LogP contribution is -2.49. The van der Waals surface area contributed by atoms with Gasteiger partial charge in [-0.1, -0.05) is 6.07 Å². The fourth-order valence-electron chi connectivity index (χ4n) is 4.27. The molecule has 1 aromatic carbocycles. The number of aryl methyl sites for hydroxylation is 1. The number of piperidine rings is 1. The highest BCUT2D eigenvalue weighted by molar-refractivity contribution is 5.94. The van der Waals surface area contributed by atoms with Gasteiger partial charge >= 0.3 is 0 Å². The Kier molecular flexibility index (Phi) is 4.30. The van der Waals surface area contributed by atoms with Gasteiger partial charge in [-0.2, -0.15) is 10.1 Å². The molecule has 6 nitrogen and oxygen atoms in total. The van der Waals surface area contributed by atoms with Crippen LogP contribution in [0.2, 0.25) is 0 Å². The molecule has 2 aliphatic rings. The molecule has 2 fully saturated rings. The van der Waals surface area contributed by atoms with Crippen LogP contribution >= 0.6 is 0 Å². The SMILES string of the molecule is Cc1cc([C@@H]2CN(C(=O)c3ccc(C4CC4)c(F)c3)CC(F)(F)C2)n2ncnc2n1. The van der Waals surface area contributed by atoms with E-state index in [1.165, 1.54) is 23.0 Å². The van der Waals surface area contributed by atoms with E-state index in [1.54, 1.807) is 19.1 Å². The van der Waals surface area contributed by atoms with Crippen molar-refractivity contribution >= 4 is 11.7 Å². The summed E-state index contributed by atoms with van der Waals surface area (Å²) < 4.78 is 45.1. The van der Waals surface area contributed by atoms with E-state index in [4.69, 9.17) is 0 Å². The zero-order valence-corrected chi connectivity index (χ0v) is 16.4. The molecule has 0 bridgehead atoms. The number of aromatic nitrogens is 4. The van der Waals surface area contributed by atoms with Crippen molar-refractivity contribution in [3.8, 4) is 0 Å². The average Bonchev–Trinajstić information content (AvgIpc) is 3.42. The number of carbonyl (C=O) groups is 1. The second-order valence-electron chi connectivity index (χ2n) is 8.25. The van der Waals surface area contributed by atoms with Gasteiger partial charge in [0.25, 0.3) is 17.6 Å². The zero-order chi connectivity index (χ0) is 21.0. The van der Waals surface area contributed by atoms with Crippen LogP contribution in [-0.2, 0) is 0 Å². The fraction of sp³-hybridized carbons (Fsp3) is 0.429. The Balaban J connectivity index is 1.46. The lowest BCUT2D eigenvalue weighted by molar-refractivity contribution is -0.0641. The third-order valence-corrected chi connectivity index (χ3v) is 5.79. The van der Waals surface area contributed by atoms with Gasteiger partial charge in [-0.05, 0) is 49.4 Å². The highest BCUT2D eigenvalue weighted by atomic mass is 19.3. The van der Waals surface area contributed by atoms with E-state index in [9.17, 15) is 18.0 Å². The van der Waals surface area contributed by atoms with Gasteiger partial charge in [0.05, 0.1) is 12.2 Å². The fourth-order valence-corrected chi connectivity index (χ4v) is 4.27. The van der Waals surface area contributed by atoms with Crippen LogP contribution in [0.15, 0.2) is 30.6 Å². The third kappa shape index (κ3) is 3.42. The van der Waals surface area contributed by atoms with Crippen LogP contribution in [0.4, 0.5) is 13.2 Å². The average molecular weight is 415 g/mol. The summed E-state index contributed by atoms with van der Waals surface area (Å²) in [5.41, 5.74) is 1.84. The van der Waals surface area contributed by atoms with Crippen LogP contribution in [0.3, 0.4) is 0 Å². The van der Waals surface area contributed by atoms with Gasteiger partial charge in [-0.25, -0.2) is 22.7 Å². The van der Waals surface area contributed by atoms with Crippen LogP contribution in [0.25, 0.3) is 5.78 Å². The molecule has 1 saturated heterocycles. The van der Waals surface area contributed by atoms with Crippen LogP contribution in [0, 0.1) is 12.7 Å². The monoisotopic (exact) mass is 415 g/mol. The summed E-state index contributed by atoms with van der Waals surface area (Å²) in [6, 6.07) is 6.00. The number of nitrogens with zero attached hydrogens (tertiary/aromatic N) is 5. The molecular weight excluding hydrogens is 395 g/mol. The van der Waals surface area contributed by atoms with Gasteiger partial charge in [0.15, 0.2) is 0 Å². The van der Waals surface area contributed by atoms with Crippen LogP contribution in [0.1, 0.15) is 58.4 Å². The van der Waals surface area contributed by atoms with Crippen molar-refractivity contribution < 1.29 is 18.0 Å². The maximum absolute atomic E-state index is 14.6. The van der Waals surface area contributed by atoms with Gasteiger partial charge < -0.3 is 4.90 Å². The number of hydrogen-bond donors (Lipinski definition) is 0. The van der Waals surface area contributed by atoms with Gasteiger partial charge in [-0.3, -0.25) is 4.79 Å². The summed E-state index contributed by atoms with van der Waals surface area (Å²) in [4.78, 5) is 22.4. The molecule has 0 radical (unpaired) electrons. The molecule has 30 heavy (non-hydrogen) atoms. The van der Waals surface area contributed by atoms with E-state index in [0.717, 1.165) is 17.7 Å². The van der Waals surface area contributed by atoms with Crippen molar-refractivity contribution in [1.82, 2.24) is 24.5 Å². The Morgan fingerprint density at radius 2 is 2.00 bits per heavy atom. The van der Waals surface area contributed by atoms with Crippen molar-refractivity contribution in [3.63, 3.8) is 0 Å². The van der Waals surface area contributed by atoms with Crippen molar-refractivity contribution in [2.45, 2.75) is 43.9 Å². The van der Waals surface area contributed by atoms with Crippen molar-refractivity contribution in [2.75, 3.05) is 13.1 Å². The van der Waals surface area contributed by atoms with E-state index < -0.39 is 36.5 Å². The Hall–Kier alpha value is -2.97. The molecule has 0 N–H and O–H groups in total. The van der Waals surface area contributed by atoms with Gasteiger partial charge in [-0.15, -0.1) is 0 Å². The summed E-state index contributed by atoms with van der Waals surface area (Å²) >= 11 is 0. The molecule has 2 aromatic heterocycles. The van der Waals surface area contributed by atoms with E-state index in [0.29, 0.717) is 22.7 Å². The Morgan fingerprint density at radius 1 is 1.20 bits per heavy atom. The predicted molar refractivity (Wildman–Crippen MR) is 102 cm³/mol. The van der Waals surface area contributed by atoms with E-state index in [1.807, 2.05) is 0 Å². The smallest absolute Gasteiger partial charge is 0.266 e. The number of carbonyl (C=O) groups excluding carboxylic acids is 1. The maximum atomic E-state index is 14.6. The summed E-state index contributed by atoms with van der Waals surface area (Å²) in [5.74, 6) is -4.24. The topological polar surface area (TPSA) is 63.4 Å². The zero-order valence-electron chi connectivity index (χ0n) is 16.4. The quantitative estimate of drug-likeness (QED) is 0.654. The first kappa shape index (κ1) is 19.0. The number of benzene rings is 1. The Labute approximate surface area is 170 Å². The highest BCUT2D eigenvalue weighted by Gasteiger charge is 2.43. The minimum atomic E-state index is -3.07. The standard InChI is InChI=1S/C21H20F3N5O/c1-12-6-18(29-20(27-12)25-11-26-29)15-8-21(23,24)10-28(9-15)19(30)14-4-5-16(13-2-3-13)17(22)7-14/h4-7,11,13,15H,2-3,8-10H2,1H3/t15-/m0/s1. The number of likely N-dealkylation sites (tertiary alicyclic amines) is 1. The van der Waals surface area contributed by atoms with Crippen LogP contribution in [-0.4, -0.2) is 49.4 Å². The first-order chi connectivity index (χ1) is 14.3. The molecule has 5 rings (SSSR count). The molecule has 156 valence electrons. The van der Waals surface area contributed by atoms with Crippen molar-refractivity contribution in [3.05, 3.63) is 58.9 Å². The maximum Gasteiger partial charge on any atom is 0.266 e. The second kappa shape index (κ2) is 6.78. The molecule has 1 amide bonds. The number of rotatable bonds is 3. The Bertz CT molecular complexity index is 1140. The number of fused-ring (bicyclic) bond motifs is 1. The third-order valence-electron chi connectivity index (χ3n) is 5.79. The normalized spacial score (nSPS) is 21.2. The van der Waals surface area contributed by atoms with Crippen molar-refractivity contribution in [1.29, 1.82) is 0 Å². The summed E-state index contributed by atoms with van der Waals surface area (Å²) in [6.07, 6.45) is 2.78. The summed E-state index contributed by atoms with van der Waals surface area (Å²) in [6.45, 7) is 1.14. The molecular formula is C21H20F3N5O.